The summed E-state index contributed by atoms with van der Waals surface area (Å²) in [6, 6.07) is 7.85. The van der Waals surface area contributed by atoms with E-state index in [2.05, 4.69) is 34.1 Å². The second-order valence-corrected chi connectivity index (χ2v) is 7.67. The standard InChI is InChI=1S/C23H26N4O3/c1-5-15-8-18(29-4)6-7-19(15)20-9-17(20)13-30-23-21(12-24-14(2)26-23)16-10-22(28)27(3)25-11-16/h6-8,10-12,17,20H,5,9,13H2,1-4H3. The lowest BCUT2D eigenvalue weighted by atomic mass is 10.00. The lowest BCUT2D eigenvalue weighted by molar-refractivity contribution is 0.286. The fraction of sp³-hybridized carbons (Fsp3) is 0.391. The molecule has 0 N–H and O–H groups in total. The fourth-order valence-electron chi connectivity index (χ4n) is 3.75. The van der Waals surface area contributed by atoms with Crippen LogP contribution in [0.1, 0.15) is 36.2 Å². The Hall–Kier alpha value is -3.22. The summed E-state index contributed by atoms with van der Waals surface area (Å²) in [5.41, 5.74) is 3.85. The van der Waals surface area contributed by atoms with Crippen molar-refractivity contribution in [2.24, 2.45) is 13.0 Å². The Morgan fingerprint density at radius 3 is 2.80 bits per heavy atom. The molecular weight excluding hydrogens is 380 g/mol. The van der Waals surface area contributed by atoms with Gasteiger partial charge >= 0.3 is 0 Å². The largest absolute Gasteiger partial charge is 0.497 e. The summed E-state index contributed by atoms with van der Waals surface area (Å²) < 4.78 is 12.8. The van der Waals surface area contributed by atoms with Crippen molar-refractivity contribution in [1.82, 2.24) is 19.7 Å². The Balaban J connectivity index is 1.51. The Morgan fingerprint density at radius 1 is 1.23 bits per heavy atom. The highest BCUT2D eigenvalue weighted by atomic mass is 16.5. The van der Waals surface area contributed by atoms with Gasteiger partial charge in [0, 0.05) is 30.8 Å². The molecule has 1 fully saturated rings. The Bertz CT molecular complexity index is 1130. The third kappa shape index (κ3) is 4.06. The van der Waals surface area contributed by atoms with Crippen molar-refractivity contribution >= 4 is 0 Å². The van der Waals surface area contributed by atoms with E-state index in [4.69, 9.17) is 9.47 Å². The summed E-state index contributed by atoms with van der Waals surface area (Å²) in [5, 5.41) is 4.09. The predicted octanol–water partition coefficient (Wildman–Crippen LogP) is 3.30. The first-order valence-electron chi connectivity index (χ1n) is 10.2. The number of benzene rings is 1. The van der Waals surface area contributed by atoms with Crippen molar-refractivity contribution in [2.45, 2.75) is 32.6 Å². The molecule has 1 saturated carbocycles. The molecule has 0 radical (unpaired) electrons. The number of methoxy groups -OCH3 is 1. The van der Waals surface area contributed by atoms with Crippen molar-refractivity contribution in [2.75, 3.05) is 13.7 Å². The number of nitrogens with zero attached hydrogens (tertiary/aromatic N) is 4. The molecule has 1 aliphatic carbocycles. The second kappa shape index (κ2) is 8.26. The first kappa shape index (κ1) is 20.1. The van der Waals surface area contributed by atoms with Gasteiger partial charge < -0.3 is 9.47 Å². The summed E-state index contributed by atoms with van der Waals surface area (Å²) >= 11 is 0. The summed E-state index contributed by atoms with van der Waals surface area (Å²) in [5.74, 6) is 2.94. The van der Waals surface area contributed by atoms with Gasteiger partial charge in [-0.25, -0.2) is 9.67 Å². The summed E-state index contributed by atoms with van der Waals surface area (Å²) in [4.78, 5) is 20.7. The zero-order chi connectivity index (χ0) is 21.3. The number of ether oxygens (including phenoxy) is 2. The van der Waals surface area contributed by atoms with Gasteiger partial charge in [-0.3, -0.25) is 4.79 Å². The van der Waals surface area contributed by atoms with Crippen molar-refractivity contribution in [3.8, 4) is 22.8 Å². The van der Waals surface area contributed by atoms with E-state index < -0.39 is 0 Å². The molecule has 2 unspecified atom stereocenters. The molecule has 2 heterocycles. The second-order valence-electron chi connectivity index (χ2n) is 7.67. The molecule has 7 nitrogen and oxygen atoms in total. The maximum Gasteiger partial charge on any atom is 0.267 e. The topological polar surface area (TPSA) is 79.1 Å². The Morgan fingerprint density at radius 2 is 2.07 bits per heavy atom. The number of aryl methyl sites for hydroxylation is 3. The maximum atomic E-state index is 12.0. The smallest absolute Gasteiger partial charge is 0.267 e. The first-order chi connectivity index (χ1) is 14.5. The highest BCUT2D eigenvalue weighted by molar-refractivity contribution is 5.66. The van der Waals surface area contributed by atoms with Gasteiger partial charge in [-0.05, 0) is 48.9 Å². The van der Waals surface area contributed by atoms with Crippen LogP contribution in [-0.4, -0.2) is 33.5 Å². The number of hydrogen-bond donors (Lipinski definition) is 0. The molecule has 1 aliphatic rings. The van der Waals surface area contributed by atoms with Crippen LogP contribution < -0.4 is 15.0 Å². The molecule has 0 spiro atoms. The van der Waals surface area contributed by atoms with E-state index in [-0.39, 0.29) is 5.56 Å². The van der Waals surface area contributed by atoms with Crippen LogP contribution >= 0.6 is 0 Å². The van der Waals surface area contributed by atoms with Crippen molar-refractivity contribution in [3.63, 3.8) is 0 Å². The van der Waals surface area contributed by atoms with Gasteiger partial charge in [0.1, 0.15) is 11.6 Å². The molecule has 2 aromatic heterocycles. The lowest BCUT2D eigenvalue weighted by Gasteiger charge is -2.12. The average Bonchev–Trinajstić information content (AvgIpc) is 3.53. The van der Waals surface area contributed by atoms with Gasteiger partial charge in [0.25, 0.3) is 5.56 Å². The molecule has 30 heavy (non-hydrogen) atoms. The zero-order valence-electron chi connectivity index (χ0n) is 17.8. The molecule has 7 heteroatoms. The molecule has 156 valence electrons. The van der Waals surface area contributed by atoms with Crippen LogP contribution in [-0.2, 0) is 13.5 Å². The van der Waals surface area contributed by atoms with Gasteiger partial charge in [-0.15, -0.1) is 0 Å². The summed E-state index contributed by atoms with van der Waals surface area (Å²) in [6.45, 7) is 4.56. The minimum atomic E-state index is -0.187. The number of hydrogen-bond acceptors (Lipinski definition) is 6. The summed E-state index contributed by atoms with van der Waals surface area (Å²) in [6.07, 6.45) is 5.39. The van der Waals surface area contributed by atoms with Gasteiger partial charge in [0.2, 0.25) is 5.88 Å². The van der Waals surface area contributed by atoms with Gasteiger partial charge in [0.15, 0.2) is 0 Å². The van der Waals surface area contributed by atoms with Gasteiger partial charge in [-0.2, -0.15) is 10.1 Å². The zero-order valence-corrected chi connectivity index (χ0v) is 17.8. The normalized spacial score (nSPS) is 17.6. The summed E-state index contributed by atoms with van der Waals surface area (Å²) in [7, 11) is 3.31. The van der Waals surface area contributed by atoms with Gasteiger partial charge in [0.05, 0.1) is 25.5 Å². The van der Waals surface area contributed by atoms with E-state index in [9.17, 15) is 4.79 Å². The quantitative estimate of drug-likeness (QED) is 0.599. The van der Waals surface area contributed by atoms with E-state index in [1.807, 2.05) is 13.0 Å². The van der Waals surface area contributed by atoms with Crippen LogP contribution in [0.15, 0.2) is 41.5 Å². The fourth-order valence-corrected chi connectivity index (χ4v) is 3.75. The number of rotatable bonds is 7. The Labute approximate surface area is 175 Å². The molecule has 3 aromatic rings. The highest BCUT2D eigenvalue weighted by Crippen LogP contribution is 2.49. The van der Waals surface area contributed by atoms with E-state index in [0.717, 1.165) is 18.6 Å². The minimum absolute atomic E-state index is 0.187. The highest BCUT2D eigenvalue weighted by Gasteiger charge is 2.40. The average molecular weight is 406 g/mol. The van der Waals surface area contributed by atoms with Crippen LogP contribution in [0.4, 0.5) is 0 Å². The third-order valence-electron chi connectivity index (χ3n) is 5.64. The predicted molar refractivity (Wildman–Crippen MR) is 114 cm³/mol. The molecule has 0 amide bonds. The molecule has 0 aliphatic heterocycles. The van der Waals surface area contributed by atoms with Crippen LogP contribution in [0.25, 0.3) is 11.1 Å². The van der Waals surface area contributed by atoms with Crippen molar-refractivity contribution in [3.05, 3.63) is 64.0 Å². The van der Waals surface area contributed by atoms with Crippen molar-refractivity contribution in [1.29, 1.82) is 0 Å². The SMILES string of the molecule is CCc1cc(OC)ccc1C1CC1COc1nc(C)ncc1-c1cnn(C)c(=O)c1. The van der Waals surface area contributed by atoms with Crippen LogP contribution in [0.2, 0.25) is 0 Å². The number of aromatic nitrogens is 4. The maximum absolute atomic E-state index is 12.0. The molecule has 1 aromatic carbocycles. The van der Waals surface area contributed by atoms with Crippen LogP contribution in [0, 0.1) is 12.8 Å². The lowest BCUT2D eigenvalue weighted by Crippen LogP contribution is -2.18. The minimum Gasteiger partial charge on any atom is -0.497 e. The van der Waals surface area contributed by atoms with E-state index in [1.54, 1.807) is 26.6 Å². The van der Waals surface area contributed by atoms with E-state index in [1.165, 1.54) is 21.9 Å². The molecular formula is C23H26N4O3. The molecule has 0 bridgehead atoms. The van der Waals surface area contributed by atoms with Crippen LogP contribution in [0.5, 0.6) is 11.6 Å². The third-order valence-corrected chi connectivity index (χ3v) is 5.64. The molecule has 4 rings (SSSR count). The van der Waals surface area contributed by atoms with Crippen LogP contribution in [0.3, 0.4) is 0 Å². The Kier molecular flexibility index (Phi) is 5.53. The van der Waals surface area contributed by atoms with Crippen molar-refractivity contribution < 1.29 is 9.47 Å². The van der Waals surface area contributed by atoms with E-state index in [0.29, 0.717) is 41.3 Å². The monoisotopic (exact) mass is 406 g/mol. The molecule has 2 atom stereocenters. The molecule has 0 saturated heterocycles. The first-order valence-corrected chi connectivity index (χ1v) is 10.2. The van der Waals surface area contributed by atoms with E-state index >= 15 is 0 Å². The van der Waals surface area contributed by atoms with Gasteiger partial charge in [-0.1, -0.05) is 13.0 Å².